The SMILES string of the molecule is CC(=O)N[C@H]1CCN(C(=O)C(F)(F)c2cc(C(=O)Nc3ccc(F)c(C)c3)ccc2F)CC1(C)C.CC1=NC2=C(C1)CN(C(=O)C(F)(F)c1cc(C(=O)Nc3ccc(F)c(C)c3)ccc1F)CC2.Cc1cc(NC(=O)c2ccc(F)c(C(F)(F)C(=O)N3CCC4=C(CC=N4)C3)c2)ccc1F.Cc1cc(NC(=O)c2ccc(F)c(C(F)(F)C(=O)N3CCc4nc(N(C)C)sc4C3)c2)ccc1F. The van der Waals surface area contributed by atoms with Gasteiger partial charge in [-0.05, 0) is 220 Å². The van der Waals surface area contributed by atoms with Crippen molar-refractivity contribution in [2.24, 2.45) is 15.4 Å². The highest BCUT2D eigenvalue weighted by atomic mass is 32.1. The maximum absolute atomic E-state index is 15.2. The maximum atomic E-state index is 15.2. The minimum Gasteiger partial charge on any atom is -0.354 e. The number of fused-ring (bicyclic) bond motifs is 1. The lowest BCUT2D eigenvalue weighted by Crippen LogP contribution is -2.58. The van der Waals surface area contributed by atoms with E-state index in [2.05, 4.69) is 41.6 Å². The molecule has 7 heterocycles. The van der Waals surface area contributed by atoms with Gasteiger partial charge in [0, 0.05) is 184 Å². The predicted molar refractivity (Wildman–Crippen MR) is 473 cm³/mol. The Morgan fingerprint density at radius 1 is 0.422 bits per heavy atom. The van der Waals surface area contributed by atoms with E-state index in [0.29, 0.717) is 72.4 Å². The summed E-state index contributed by atoms with van der Waals surface area (Å²) in [6, 6.07) is 24.7. The van der Waals surface area contributed by atoms with Crippen LogP contribution in [0.5, 0.6) is 0 Å². The fourth-order valence-electron chi connectivity index (χ4n) is 15.6. The van der Waals surface area contributed by atoms with Crippen LogP contribution in [-0.4, -0.2) is 156 Å². The Kier molecular flexibility index (Phi) is 30.0. The summed E-state index contributed by atoms with van der Waals surface area (Å²) in [6.07, 6.45) is 3.97. The van der Waals surface area contributed by atoms with Gasteiger partial charge in [0.2, 0.25) is 5.91 Å². The van der Waals surface area contributed by atoms with Gasteiger partial charge >= 0.3 is 23.7 Å². The highest BCUT2D eigenvalue weighted by Crippen LogP contribution is 2.43. The first-order chi connectivity index (χ1) is 63.4. The number of nitrogens with zero attached hydrogens (tertiary/aromatic N) is 8. The molecule has 0 saturated carbocycles. The molecule has 135 heavy (non-hydrogen) atoms. The third kappa shape index (κ3) is 22.8. The Morgan fingerprint density at radius 3 is 1.10 bits per heavy atom. The lowest BCUT2D eigenvalue weighted by Gasteiger charge is -2.45. The number of aryl methyl sites for hydroxylation is 4. The van der Waals surface area contributed by atoms with Crippen molar-refractivity contribution < 1.29 is 113 Å². The van der Waals surface area contributed by atoms with Crippen LogP contribution in [-0.2, 0) is 60.6 Å². The summed E-state index contributed by atoms with van der Waals surface area (Å²) < 4.78 is 233. The van der Waals surface area contributed by atoms with E-state index in [1.54, 1.807) is 25.0 Å². The van der Waals surface area contributed by atoms with Gasteiger partial charge < -0.3 is 51.1 Å². The predicted octanol–water partition coefficient (Wildman–Crippen LogP) is 18.7. The fourth-order valence-corrected chi connectivity index (χ4v) is 16.7. The van der Waals surface area contributed by atoms with Crippen molar-refractivity contribution in [1.82, 2.24) is 29.9 Å². The average Bonchev–Trinajstić information content (AvgIpc) is 1.56. The molecule has 9 amide bonds. The van der Waals surface area contributed by atoms with Crippen molar-refractivity contribution in [2.75, 3.05) is 86.1 Å². The Morgan fingerprint density at radius 2 is 0.756 bits per heavy atom. The number of hydrogen-bond acceptors (Lipinski definition) is 14. The standard InChI is InChI=1S/C25H27F4N3O3.C24H22F4N4O2S.C24H21F4N3O2.C23H19F4N3O2/c1-14-11-17(6-8-19(14)26)31-22(34)16-5-7-20(27)18(12-16)25(28,29)23(35)32-10-9-21(30-15(2)33)24(3,4)13-32;1-13-10-15(5-7-17(13)25)29-21(33)14-4-6-18(26)16(11-14)24(27,28)22(34)32-9-8-19-20(12-32)35-23(30-19)31(2)3;1-13-9-17(4-6-19(13)25)30-22(32)15-3-5-20(26)18(11-15)24(27,28)23(33)31-8-7-21-16(12-31)10-14(2)29-21;1-13-10-16(3-5-18(13)24)29-21(31)14-2-4-19(25)17(11-14)23(26,27)22(32)30-9-7-20-15(12-30)6-8-28-20/h5-8,11-12,21H,9-10,13H2,1-4H3,(H,30,33)(H,31,34);4-7,10-11H,8-9,12H2,1-3H3,(H,29,33);3-6,9,11H,7-8,10,12H2,1-2H3,(H,30,32);2-5,8,10-11H,6-7,9,12H2,1H3,(H,29,31)/t21-;;;/m0.../s1. The number of alkyl halides is 8. The number of thiazole rings is 1. The molecule has 39 heteroatoms. The van der Waals surface area contributed by atoms with E-state index in [9.17, 15) is 78.3 Å². The number of hydrogen-bond donors (Lipinski definition) is 5. The number of likely N-dealkylation sites (tertiary alicyclic amines) is 1. The van der Waals surface area contributed by atoms with Gasteiger partial charge in [-0.15, -0.1) is 0 Å². The van der Waals surface area contributed by atoms with E-state index in [-0.39, 0.29) is 138 Å². The van der Waals surface area contributed by atoms with Crippen LogP contribution in [0.2, 0.25) is 0 Å². The summed E-state index contributed by atoms with van der Waals surface area (Å²) >= 11 is 1.31. The molecule has 1 atom stereocenters. The second-order valence-corrected chi connectivity index (χ2v) is 34.9. The first kappa shape index (κ1) is 100. The van der Waals surface area contributed by atoms with Crippen LogP contribution in [0.1, 0.15) is 156 Å². The van der Waals surface area contributed by atoms with Crippen LogP contribution in [0.25, 0.3) is 0 Å². The minimum atomic E-state index is -4.23. The summed E-state index contributed by atoms with van der Waals surface area (Å²) in [5.41, 5.74) is 0.420. The summed E-state index contributed by atoms with van der Waals surface area (Å²) in [7, 11) is 3.62. The van der Waals surface area contributed by atoms with E-state index in [1.807, 2.05) is 21.0 Å². The van der Waals surface area contributed by atoms with E-state index in [1.165, 1.54) is 94.5 Å². The zero-order chi connectivity index (χ0) is 98.6. The van der Waals surface area contributed by atoms with E-state index >= 15 is 35.1 Å². The van der Waals surface area contributed by atoms with Crippen LogP contribution >= 0.6 is 11.3 Å². The number of piperidine rings is 1. The summed E-state index contributed by atoms with van der Waals surface area (Å²) in [5.74, 6) is -33.5. The van der Waals surface area contributed by atoms with E-state index < -0.39 is 145 Å². The molecule has 0 aliphatic carbocycles. The summed E-state index contributed by atoms with van der Waals surface area (Å²) in [6.45, 7) is 12.6. The molecule has 6 aliphatic heterocycles. The van der Waals surface area contributed by atoms with Crippen molar-refractivity contribution in [3.63, 3.8) is 0 Å². The maximum Gasteiger partial charge on any atom is 0.352 e. The molecule has 5 N–H and O–H groups in total. The minimum absolute atomic E-state index is 0.00940. The van der Waals surface area contributed by atoms with Crippen molar-refractivity contribution in [3.05, 3.63) is 292 Å². The molecule has 1 aromatic heterocycles. The molecule has 8 aromatic carbocycles. The molecule has 22 nitrogen and oxygen atoms in total. The van der Waals surface area contributed by atoms with Crippen LogP contribution in [0.3, 0.4) is 0 Å². The van der Waals surface area contributed by atoms with Crippen molar-refractivity contribution in [2.45, 2.75) is 130 Å². The monoisotopic (exact) mass is 1900 g/mol. The first-order valence-electron chi connectivity index (χ1n) is 42.0. The molecule has 6 aliphatic rings. The number of aromatic nitrogens is 1. The molecular formula is C96H89F16N13O9S. The van der Waals surface area contributed by atoms with Gasteiger partial charge in [0.25, 0.3) is 47.3 Å². The van der Waals surface area contributed by atoms with E-state index in [4.69, 9.17) is 0 Å². The molecular weight excluding hydrogens is 1820 g/mol. The molecule has 0 spiro atoms. The molecule has 15 rings (SSSR count). The molecule has 0 bridgehead atoms. The Bertz CT molecular complexity index is 6380. The Labute approximate surface area is 767 Å². The summed E-state index contributed by atoms with van der Waals surface area (Å²) in [4.78, 5) is 132. The van der Waals surface area contributed by atoms with Gasteiger partial charge in [-0.2, -0.15) is 35.1 Å². The zero-order valence-electron chi connectivity index (χ0n) is 74.1. The number of aliphatic imine (C=N–C) groups is 2. The van der Waals surface area contributed by atoms with Gasteiger partial charge in [0.1, 0.15) is 46.5 Å². The second kappa shape index (κ2) is 40.5. The fraction of sp³-hybridized carbons (Fsp3) is 0.312. The number of carbonyl (C=O) groups excluding carboxylic acids is 9. The molecule has 0 radical (unpaired) electrons. The molecule has 0 unspecified atom stereocenters. The smallest absolute Gasteiger partial charge is 0.352 e. The lowest BCUT2D eigenvalue weighted by atomic mass is 9.78. The Balaban J connectivity index is 0.000000162. The van der Waals surface area contributed by atoms with Crippen LogP contribution in [0.4, 0.5) is 98.1 Å². The topological polar surface area (TPSA) is 268 Å². The largest absolute Gasteiger partial charge is 0.354 e. The van der Waals surface area contributed by atoms with Crippen molar-refractivity contribution >= 4 is 104 Å². The van der Waals surface area contributed by atoms with Crippen molar-refractivity contribution in [1.29, 1.82) is 0 Å². The third-order valence-corrected chi connectivity index (χ3v) is 24.3. The quantitative estimate of drug-likeness (QED) is 0.0504. The molecule has 9 aromatic rings. The summed E-state index contributed by atoms with van der Waals surface area (Å²) in [5, 5.41) is 13.3. The van der Waals surface area contributed by atoms with Crippen LogP contribution in [0, 0.1) is 79.6 Å². The average molecular weight is 1900 g/mol. The number of rotatable bonds is 18. The lowest BCUT2D eigenvalue weighted by molar-refractivity contribution is -0.163. The van der Waals surface area contributed by atoms with Gasteiger partial charge in [0.15, 0.2) is 5.13 Å². The number of anilines is 5. The number of halogens is 16. The highest BCUT2D eigenvalue weighted by molar-refractivity contribution is 7.15. The number of nitrogens with one attached hydrogen (secondary N) is 5. The molecule has 1 fully saturated rings. The molecule has 1 saturated heterocycles. The van der Waals surface area contributed by atoms with Crippen molar-refractivity contribution in [3.8, 4) is 0 Å². The van der Waals surface area contributed by atoms with E-state index in [0.717, 1.165) is 120 Å². The highest BCUT2D eigenvalue weighted by Gasteiger charge is 2.53. The zero-order valence-corrected chi connectivity index (χ0v) is 74.9. The van der Waals surface area contributed by atoms with Gasteiger partial charge in [-0.3, -0.25) is 53.1 Å². The first-order valence-corrected chi connectivity index (χ1v) is 42.8. The molecule has 710 valence electrons. The third-order valence-electron chi connectivity index (χ3n) is 23.1. The Hall–Kier alpha value is -13.9. The number of amides is 9. The van der Waals surface area contributed by atoms with Gasteiger partial charge in [-0.1, -0.05) is 25.2 Å². The normalized spacial score (nSPS) is 15.7. The van der Waals surface area contributed by atoms with Gasteiger partial charge in [0.05, 0.1) is 34.5 Å². The van der Waals surface area contributed by atoms with Crippen LogP contribution in [0.15, 0.2) is 178 Å². The number of benzene rings is 8. The van der Waals surface area contributed by atoms with Gasteiger partial charge in [-0.25, -0.2) is 40.1 Å². The second-order valence-electron chi connectivity index (χ2n) is 33.8. The number of carbonyl (C=O) groups is 9. The van der Waals surface area contributed by atoms with Crippen LogP contribution < -0.4 is 31.5 Å².